The second-order valence-electron chi connectivity index (χ2n) is 4.13. The van der Waals surface area contributed by atoms with E-state index in [-0.39, 0.29) is 0 Å². The first-order valence-electron chi connectivity index (χ1n) is 5.67. The molecule has 0 fully saturated rings. The number of nitriles is 1. The van der Waals surface area contributed by atoms with E-state index < -0.39 is 0 Å². The first kappa shape index (κ1) is 12.9. The number of rotatable bonds is 4. The number of nitrogens with zero attached hydrogens (tertiary/aromatic N) is 3. The Kier molecular flexibility index (Phi) is 3.85. The lowest BCUT2D eigenvalue weighted by Crippen LogP contribution is -2.23. The van der Waals surface area contributed by atoms with Crippen LogP contribution in [0.1, 0.15) is 11.3 Å². The van der Waals surface area contributed by atoms with Crippen LogP contribution in [0.2, 0.25) is 5.15 Å². The summed E-state index contributed by atoms with van der Waals surface area (Å²) >= 11 is 6.02. The summed E-state index contributed by atoms with van der Waals surface area (Å²) < 4.78 is 5.07. The number of likely N-dealkylation sites (N-methyl/N-ethyl adjacent to an activating group) is 1. The van der Waals surface area contributed by atoms with Gasteiger partial charge < -0.3 is 9.64 Å². The second-order valence-corrected chi connectivity index (χ2v) is 4.52. The molecule has 18 heavy (non-hydrogen) atoms. The molecule has 5 heteroatoms. The van der Waals surface area contributed by atoms with Crippen LogP contribution in [0.25, 0.3) is 5.57 Å². The monoisotopic (exact) mass is 263 g/mol. The number of aromatic nitrogens is 1. The Bertz CT molecular complexity index is 534. The maximum absolute atomic E-state index is 9.14. The molecule has 1 aliphatic carbocycles. The van der Waals surface area contributed by atoms with E-state index in [0.29, 0.717) is 23.8 Å². The lowest BCUT2D eigenvalue weighted by atomic mass is 10.1. The molecular formula is C13H14ClN3O. The van der Waals surface area contributed by atoms with Gasteiger partial charge in [0, 0.05) is 32.7 Å². The van der Waals surface area contributed by atoms with Gasteiger partial charge in [-0.25, -0.2) is 4.98 Å². The molecule has 0 saturated heterocycles. The van der Waals surface area contributed by atoms with Gasteiger partial charge in [0.15, 0.2) is 0 Å². The van der Waals surface area contributed by atoms with E-state index in [1.165, 1.54) is 0 Å². The minimum Gasteiger partial charge on any atom is -0.383 e. The summed E-state index contributed by atoms with van der Waals surface area (Å²) in [4.78, 5) is 6.31. The minimum atomic E-state index is 0.459. The van der Waals surface area contributed by atoms with E-state index in [4.69, 9.17) is 21.6 Å². The highest BCUT2D eigenvalue weighted by molar-refractivity contribution is 6.29. The molecule has 0 unspecified atom stereocenters. The summed E-state index contributed by atoms with van der Waals surface area (Å²) in [6.07, 6.45) is 2.56. The maximum atomic E-state index is 9.14. The third kappa shape index (κ3) is 2.33. The molecule has 0 N–H and O–H groups in total. The Labute approximate surface area is 111 Å². The van der Waals surface area contributed by atoms with Crippen molar-refractivity contribution in [1.29, 1.82) is 5.26 Å². The van der Waals surface area contributed by atoms with Crippen LogP contribution < -0.4 is 4.90 Å². The predicted molar refractivity (Wildman–Crippen MR) is 71.7 cm³/mol. The summed E-state index contributed by atoms with van der Waals surface area (Å²) in [5, 5.41) is 9.60. The molecule has 0 radical (unpaired) electrons. The second kappa shape index (κ2) is 5.38. The van der Waals surface area contributed by atoms with Gasteiger partial charge in [-0.2, -0.15) is 5.26 Å². The molecule has 1 aromatic heterocycles. The maximum Gasteiger partial charge on any atom is 0.131 e. The van der Waals surface area contributed by atoms with E-state index in [1.807, 2.05) is 18.0 Å². The van der Waals surface area contributed by atoms with Gasteiger partial charge in [0.05, 0.1) is 29.6 Å². The SMILES string of the molecule is COCCN(C)c1cc(Cl)nc2c1C(C#N)=CC2. The standard InChI is InChI=1S/C13H14ClN3O/c1-17(5-6-18-2)11-7-12(14)16-10-4-3-9(8-15)13(10)11/h3,7H,4-6H2,1-2H3. The Hall–Kier alpha value is -1.57. The van der Waals surface area contributed by atoms with Crippen molar-refractivity contribution in [3.63, 3.8) is 0 Å². The number of fused-ring (bicyclic) bond motifs is 1. The lowest BCUT2D eigenvalue weighted by Gasteiger charge is -2.22. The third-order valence-corrected chi connectivity index (χ3v) is 3.17. The van der Waals surface area contributed by atoms with Crippen LogP contribution in [0, 0.1) is 11.3 Å². The molecule has 94 valence electrons. The molecular weight excluding hydrogens is 250 g/mol. The van der Waals surface area contributed by atoms with Crippen molar-refractivity contribution < 1.29 is 4.74 Å². The molecule has 1 heterocycles. The largest absolute Gasteiger partial charge is 0.383 e. The highest BCUT2D eigenvalue weighted by Crippen LogP contribution is 2.35. The zero-order valence-electron chi connectivity index (χ0n) is 10.4. The van der Waals surface area contributed by atoms with Crippen molar-refractivity contribution in [1.82, 2.24) is 4.98 Å². The van der Waals surface area contributed by atoms with Crippen LogP contribution in [0.15, 0.2) is 12.1 Å². The van der Waals surface area contributed by atoms with E-state index in [9.17, 15) is 0 Å². The van der Waals surface area contributed by atoms with Crippen molar-refractivity contribution >= 4 is 22.9 Å². The van der Waals surface area contributed by atoms with Crippen molar-refractivity contribution in [3.05, 3.63) is 28.6 Å². The highest BCUT2D eigenvalue weighted by Gasteiger charge is 2.22. The van der Waals surface area contributed by atoms with Gasteiger partial charge in [-0.05, 0) is 6.07 Å². The third-order valence-electron chi connectivity index (χ3n) is 2.97. The van der Waals surface area contributed by atoms with Gasteiger partial charge >= 0.3 is 0 Å². The molecule has 0 aliphatic heterocycles. The molecule has 0 bridgehead atoms. The number of halogens is 1. The average molecular weight is 264 g/mol. The summed E-state index contributed by atoms with van der Waals surface area (Å²) in [5.41, 5.74) is 3.39. The van der Waals surface area contributed by atoms with Gasteiger partial charge in [-0.15, -0.1) is 0 Å². The average Bonchev–Trinajstić information content (AvgIpc) is 2.77. The van der Waals surface area contributed by atoms with Crippen LogP contribution >= 0.6 is 11.6 Å². The molecule has 1 aliphatic rings. The molecule has 0 saturated carbocycles. The van der Waals surface area contributed by atoms with Crippen LogP contribution in [0.3, 0.4) is 0 Å². The van der Waals surface area contributed by atoms with Crippen LogP contribution in [-0.4, -0.2) is 32.3 Å². The van der Waals surface area contributed by atoms with E-state index in [0.717, 1.165) is 23.5 Å². The minimum absolute atomic E-state index is 0.459. The lowest BCUT2D eigenvalue weighted by molar-refractivity contribution is 0.206. The fraction of sp³-hybridized carbons (Fsp3) is 0.385. The smallest absolute Gasteiger partial charge is 0.131 e. The molecule has 0 amide bonds. The Balaban J connectivity index is 2.41. The van der Waals surface area contributed by atoms with Gasteiger partial charge in [-0.3, -0.25) is 0 Å². The van der Waals surface area contributed by atoms with Crippen molar-refractivity contribution in [2.75, 3.05) is 32.2 Å². The zero-order valence-corrected chi connectivity index (χ0v) is 11.2. The highest BCUT2D eigenvalue weighted by atomic mass is 35.5. The van der Waals surface area contributed by atoms with Gasteiger partial charge in [0.25, 0.3) is 0 Å². The van der Waals surface area contributed by atoms with Crippen LogP contribution in [-0.2, 0) is 11.2 Å². The van der Waals surface area contributed by atoms with Crippen LogP contribution in [0.5, 0.6) is 0 Å². The normalized spacial score (nSPS) is 12.9. The Morgan fingerprint density at radius 1 is 1.61 bits per heavy atom. The molecule has 1 aromatic rings. The Morgan fingerprint density at radius 2 is 2.39 bits per heavy atom. The molecule has 4 nitrogen and oxygen atoms in total. The Morgan fingerprint density at radius 3 is 3.06 bits per heavy atom. The number of hydrogen-bond acceptors (Lipinski definition) is 4. The van der Waals surface area contributed by atoms with Crippen molar-refractivity contribution in [2.24, 2.45) is 0 Å². The number of allylic oxidation sites excluding steroid dienone is 2. The fourth-order valence-corrected chi connectivity index (χ4v) is 2.25. The number of methoxy groups -OCH3 is 1. The summed E-state index contributed by atoms with van der Waals surface area (Å²) in [7, 11) is 3.62. The van der Waals surface area contributed by atoms with Gasteiger partial charge in [0.1, 0.15) is 5.15 Å². The van der Waals surface area contributed by atoms with E-state index >= 15 is 0 Å². The molecule has 0 spiro atoms. The van der Waals surface area contributed by atoms with E-state index in [1.54, 1.807) is 13.2 Å². The van der Waals surface area contributed by atoms with E-state index in [2.05, 4.69) is 11.1 Å². The number of pyridine rings is 1. The summed E-state index contributed by atoms with van der Waals surface area (Å²) in [5.74, 6) is 0. The molecule has 0 atom stereocenters. The zero-order chi connectivity index (χ0) is 13.1. The first-order valence-corrected chi connectivity index (χ1v) is 6.05. The van der Waals surface area contributed by atoms with Crippen molar-refractivity contribution in [3.8, 4) is 6.07 Å². The van der Waals surface area contributed by atoms with Gasteiger partial charge in [-0.1, -0.05) is 17.7 Å². The fourth-order valence-electron chi connectivity index (χ4n) is 2.04. The number of hydrogen-bond donors (Lipinski definition) is 0. The van der Waals surface area contributed by atoms with Crippen molar-refractivity contribution in [2.45, 2.75) is 6.42 Å². The topological polar surface area (TPSA) is 49.1 Å². The first-order chi connectivity index (χ1) is 8.67. The predicted octanol–water partition coefficient (Wildman–Crippen LogP) is 2.28. The number of anilines is 1. The molecule has 0 aromatic carbocycles. The van der Waals surface area contributed by atoms with Crippen LogP contribution in [0.4, 0.5) is 5.69 Å². The molecule has 2 rings (SSSR count). The quantitative estimate of drug-likeness (QED) is 0.782. The van der Waals surface area contributed by atoms with Gasteiger partial charge in [0.2, 0.25) is 0 Å². The number of ether oxygens (including phenoxy) is 1. The summed E-state index contributed by atoms with van der Waals surface area (Å²) in [6, 6.07) is 4.01. The summed E-state index contributed by atoms with van der Waals surface area (Å²) in [6.45, 7) is 1.36.